The molecule has 4 N–H and O–H groups in total. The fourth-order valence-corrected chi connectivity index (χ4v) is 1.99. The van der Waals surface area contributed by atoms with Gasteiger partial charge in [-0.25, -0.2) is 4.98 Å². The molecule has 1 heterocycles. The van der Waals surface area contributed by atoms with Crippen molar-refractivity contribution in [3.8, 4) is 0 Å². The second-order valence-electron chi connectivity index (χ2n) is 4.12. The van der Waals surface area contributed by atoms with E-state index >= 15 is 0 Å². The van der Waals surface area contributed by atoms with E-state index in [-0.39, 0.29) is 6.10 Å². The van der Waals surface area contributed by atoms with Gasteiger partial charge >= 0.3 is 0 Å². The minimum atomic E-state index is -0.106. The minimum absolute atomic E-state index is 0.106. The summed E-state index contributed by atoms with van der Waals surface area (Å²) in [5, 5.41) is 12.8. The van der Waals surface area contributed by atoms with Crippen molar-refractivity contribution in [3.63, 3.8) is 0 Å². The smallest absolute Gasteiger partial charge is 0.125 e. The predicted octanol–water partition coefficient (Wildman–Crippen LogP) is 1.38. The van der Waals surface area contributed by atoms with Crippen molar-refractivity contribution in [3.05, 3.63) is 18.3 Å². The lowest BCUT2D eigenvalue weighted by Gasteiger charge is -2.27. The van der Waals surface area contributed by atoms with Crippen LogP contribution < -0.4 is 11.1 Å². The number of aliphatic hydroxyl groups excluding tert-OH is 1. The lowest BCUT2D eigenvalue weighted by molar-refractivity contribution is 0.126. The summed E-state index contributed by atoms with van der Waals surface area (Å²) in [4.78, 5) is 3.94. The average molecular weight is 207 g/mol. The maximum absolute atomic E-state index is 9.38. The molecule has 0 radical (unpaired) electrons. The van der Waals surface area contributed by atoms with Gasteiger partial charge in [0.05, 0.1) is 6.10 Å². The van der Waals surface area contributed by atoms with Gasteiger partial charge in [0, 0.05) is 24.0 Å². The van der Waals surface area contributed by atoms with Crippen LogP contribution in [-0.2, 0) is 0 Å². The van der Waals surface area contributed by atoms with Crippen LogP contribution in [0.3, 0.4) is 0 Å². The number of hydrogen-bond donors (Lipinski definition) is 3. The summed E-state index contributed by atoms with van der Waals surface area (Å²) in [5.74, 6) is 0.538. The second-order valence-corrected chi connectivity index (χ2v) is 4.12. The standard InChI is InChI=1S/C11H17N3O/c12-11-7-9(5-6-13-11)14-8-1-3-10(15)4-2-8/h5-8,10,15H,1-4H2,(H3,12,13,14). The summed E-state index contributed by atoms with van der Waals surface area (Å²) in [5.41, 5.74) is 6.61. The molecule has 0 bridgehead atoms. The molecule has 0 unspecified atom stereocenters. The van der Waals surface area contributed by atoms with Gasteiger partial charge in [-0.3, -0.25) is 0 Å². The topological polar surface area (TPSA) is 71.2 Å². The Hall–Kier alpha value is -1.29. The van der Waals surface area contributed by atoms with Crippen molar-refractivity contribution in [2.24, 2.45) is 0 Å². The van der Waals surface area contributed by atoms with Crippen molar-refractivity contribution in [1.82, 2.24) is 4.98 Å². The number of aromatic nitrogens is 1. The second kappa shape index (κ2) is 4.49. The Morgan fingerprint density at radius 3 is 2.73 bits per heavy atom. The van der Waals surface area contributed by atoms with Crippen LogP contribution in [0.15, 0.2) is 18.3 Å². The Morgan fingerprint density at radius 1 is 1.33 bits per heavy atom. The quantitative estimate of drug-likeness (QED) is 0.685. The van der Waals surface area contributed by atoms with E-state index in [9.17, 15) is 5.11 Å². The van der Waals surface area contributed by atoms with Gasteiger partial charge in [-0.1, -0.05) is 0 Å². The van der Waals surface area contributed by atoms with E-state index in [2.05, 4.69) is 10.3 Å². The molecule has 0 aliphatic heterocycles. The molecule has 1 aromatic rings. The third kappa shape index (κ3) is 2.83. The molecule has 0 spiro atoms. The summed E-state index contributed by atoms with van der Waals surface area (Å²) in [6.07, 6.45) is 5.41. The lowest BCUT2D eigenvalue weighted by Crippen LogP contribution is -2.28. The van der Waals surface area contributed by atoms with Crippen LogP contribution in [0, 0.1) is 0 Å². The highest BCUT2D eigenvalue weighted by atomic mass is 16.3. The molecule has 82 valence electrons. The molecule has 15 heavy (non-hydrogen) atoms. The molecule has 0 aromatic carbocycles. The fraction of sp³-hybridized carbons (Fsp3) is 0.545. The van der Waals surface area contributed by atoms with Gasteiger partial charge in [0.1, 0.15) is 5.82 Å². The summed E-state index contributed by atoms with van der Waals surface area (Å²) in [6.45, 7) is 0. The third-order valence-corrected chi connectivity index (χ3v) is 2.85. The molecular weight excluding hydrogens is 190 g/mol. The number of rotatable bonds is 2. The molecular formula is C11H17N3O. The Bertz CT molecular complexity index is 321. The SMILES string of the molecule is Nc1cc(NC2CCC(O)CC2)ccn1. The molecule has 1 saturated carbocycles. The van der Waals surface area contributed by atoms with Crippen LogP contribution in [0.4, 0.5) is 11.5 Å². The van der Waals surface area contributed by atoms with E-state index < -0.39 is 0 Å². The van der Waals surface area contributed by atoms with Crippen LogP contribution in [-0.4, -0.2) is 22.2 Å². The summed E-state index contributed by atoms with van der Waals surface area (Å²) >= 11 is 0. The maximum Gasteiger partial charge on any atom is 0.125 e. The number of nitrogens with zero attached hydrogens (tertiary/aromatic N) is 1. The molecule has 1 fully saturated rings. The zero-order valence-corrected chi connectivity index (χ0v) is 8.69. The number of aliphatic hydroxyl groups is 1. The molecule has 0 amide bonds. The number of hydrogen-bond acceptors (Lipinski definition) is 4. The Morgan fingerprint density at radius 2 is 2.07 bits per heavy atom. The third-order valence-electron chi connectivity index (χ3n) is 2.85. The zero-order valence-electron chi connectivity index (χ0n) is 8.69. The van der Waals surface area contributed by atoms with Crippen LogP contribution in [0.1, 0.15) is 25.7 Å². The van der Waals surface area contributed by atoms with Crippen molar-refractivity contribution in [2.75, 3.05) is 11.1 Å². The number of pyridine rings is 1. The van der Waals surface area contributed by atoms with E-state index in [1.807, 2.05) is 12.1 Å². The van der Waals surface area contributed by atoms with Gasteiger partial charge in [-0.2, -0.15) is 0 Å². The van der Waals surface area contributed by atoms with Gasteiger partial charge in [-0.05, 0) is 31.7 Å². The average Bonchev–Trinajstić information content (AvgIpc) is 2.22. The molecule has 1 aliphatic rings. The molecule has 1 aliphatic carbocycles. The van der Waals surface area contributed by atoms with Gasteiger partial charge in [0.25, 0.3) is 0 Å². The first-order valence-corrected chi connectivity index (χ1v) is 5.40. The van der Waals surface area contributed by atoms with Crippen molar-refractivity contribution >= 4 is 11.5 Å². The largest absolute Gasteiger partial charge is 0.393 e. The molecule has 2 rings (SSSR count). The van der Waals surface area contributed by atoms with Gasteiger partial charge in [0.2, 0.25) is 0 Å². The predicted molar refractivity (Wildman–Crippen MR) is 60.5 cm³/mol. The monoisotopic (exact) mass is 207 g/mol. The van der Waals surface area contributed by atoms with Crippen molar-refractivity contribution < 1.29 is 5.11 Å². The number of nitrogens with one attached hydrogen (secondary N) is 1. The molecule has 0 saturated heterocycles. The first-order chi connectivity index (χ1) is 7.24. The highest BCUT2D eigenvalue weighted by molar-refractivity contribution is 5.50. The lowest BCUT2D eigenvalue weighted by atomic mass is 9.93. The molecule has 1 aromatic heterocycles. The van der Waals surface area contributed by atoms with Crippen molar-refractivity contribution in [2.45, 2.75) is 37.8 Å². The van der Waals surface area contributed by atoms with Gasteiger partial charge in [0.15, 0.2) is 0 Å². The fourth-order valence-electron chi connectivity index (χ4n) is 1.99. The maximum atomic E-state index is 9.38. The number of nitrogen functional groups attached to an aromatic ring is 1. The van der Waals surface area contributed by atoms with E-state index in [0.717, 1.165) is 31.4 Å². The van der Waals surface area contributed by atoms with Crippen LogP contribution in [0.5, 0.6) is 0 Å². The van der Waals surface area contributed by atoms with Crippen LogP contribution in [0.2, 0.25) is 0 Å². The Labute approximate surface area is 89.5 Å². The molecule has 4 heteroatoms. The number of nitrogens with two attached hydrogens (primary N) is 1. The van der Waals surface area contributed by atoms with Crippen molar-refractivity contribution in [1.29, 1.82) is 0 Å². The van der Waals surface area contributed by atoms with E-state index in [1.165, 1.54) is 0 Å². The highest BCUT2D eigenvalue weighted by Gasteiger charge is 2.18. The molecule has 4 nitrogen and oxygen atoms in total. The number of anilines is 2. The van der Waals surface area contributed by atoms with E-state index in [1.54, 1.807) is 6.20 Å². The van der Waals surface area contributed by atoms with Crippen LogP contribution in [0.25, 0.3) is 0 Å². The van der Waals surface area contributed by atoms with E-state index in [0.29, 0.717) is 11.9 Å². The highest BCUT2D eigenvalue weighted by Crippen LogP contribution is 2.22. The van der Waals surface area contributed by atoms with E-state index in [4.69, 9.17) is 5.73 Å². The van der Waals surface area contributed by atoms with Gasteiger partial charge in [-0.15, -0.1) is 0 Å². The van der Waals surface area contributed by atoms with Crippen LogP contribution >= 0.6 is 0 Å². The minimum Gasteiger partial charge on any atom is -0.393 e. The first kappa shape index (κ1) is 10.2. The normalized spacial score (nSPS) is 26.2. The molecule has 0 atom stereocenters. The van der Waals surface area contributed by atoms with Gasteiger partial charge < -0.3 is 16.2 Å². The summed E-state index contributed by atoms with van der Waals surface area (Å²) < 4.78 is 0. The first-order valence-electron chi connectivity index (χ1n) is 5.40. The summed E-state index contributed by atoms with van der Waals surface area (Å²) in [6, 6.07) is 4.21. The Kier molecular flexibility index (Phi) is 3.06. The zero-order chi connectivity index (χ0) is 10.7. The Balaban J connectivity index is 1.92. The summed E-state index contributed by atoms with van der Waals surface area (Å²) in [7, 11) is 0.